The SMILES string of the molecule is O=C(NCC(c1cccs1)N1CCc2ccccc21)c1ccccc1Br. The largest absolute Gasteiger partial charge is 0.361 e. The number of hydrogen-bond donors (Lipinski definition) is 1. The molecule has 0 spiro atoms. The molecule has 1 atom stereocenters. The maximum absolute atomic E-state index is 12.6. The van der Waals surface area contributed by atoms with E-state index in [0.29, 0.717) is 12.1 Å². The smallest absolute Gasteiger partial charge is 0.252 e. The number of nitrogens with one attached hydrogen (secondary N) is 1. The van der Waals surface area contributed by atoms with Crippen LogP contribution in [0, 0.1) is 0 Å². The lowest BCUT2D eigenvalue weighted by molar-refractivity contribution is 0.0950. The number of carbonyl (C=O) groups excluding carboxylic acids is 1. The molecule has 0 aliphatic carbocycles. The molecule has 5 heteroatoms. The third kappa shape index (κ3) is 3.41. The Morgan fingerprint density at radius 2 is 1.92 bits per heavy atom. The monoisotopic (exact) mass is 426 g/mol. The van der Waals surface area contributed by atoms with Crippen LogP contribution >= 0.6 is 27.3 Å². The summed E-state index contributed by atoms with van der Waals surface area (Å²) in [5.41, 5.74) is 3.33. The van der Waals surface area contributed by atoms with Crippen LogP contribution in [0.25, 0.3) is 0 Å². The first-order chi connectivity index (χ1) is 12.7. The summed E-state index contributed by atoms with van der Waals surface area (Å²) in [4.78, 5) is 16.3. The molecule has 3 nitrogen and oxygen atoms in total. The van der Waals surface area contributed by atoms with E-state index in [1.165, 1.54) is 16.1 Å². The Hall–Kier alpha value is -2.11. The third-order valence-electron chi connectivity index (χ3n) is 4.75. The number of amides is 1. The van der Waals surface area contributed by atoms with Gasteiger partial charge in [-0.1, -0.05) is 36.4 Å². The fourth-order valence-corrected chi connectivity index (χ4v) is 4.77. The van der Waals surface area contributed by atoms with Crippen molar-refractivity contribution >= 4 is 38.9 Å². The second kappa shape index (κ2) is 7.64. The lowest BCUT2D eigenvalue weighted by Crippen LogP contribution is -2.37. The maximum Gasteiger partial charge on any atom is 0.252 e. The Balaban J connectivity index is 1.56. The van der Waals surface area contributed by atoms with Gasteiger partial charge in [0.2, 0.25) is 0 Å². The van der Waals surface area contributed by atoms with Crippen molar-refractivity contribution in [1.29, 1.82) is 0 Å². The Labute approximate surface area is 165 Å². The van der Waals surface area contributed by atoms with Crippen LogP contribution in [0.4, 0.5) is 5.69 Å². The molecule has 4 rings (SSSR count). The minimum absolute atomic E-state index is 0.0495. The van der Waals surface area contributed by atoms with Gasteiger partial charge in [0.05, 0.1) is 11.6 Å². The van der Waals surface area contributed by atoms with E-state index in [1.807, 2.05) is 24.3 Å². The summed E-state index contributed by atoms with van der Waals surface area (Å²) in [6.07, 6.45) is 1.05. The molecule has 1 unspecified atom stereocenters. The maximum atomic E-state index is 12.6. The first-order valence-electron chi connectivity index (χ1n) is 8.65. The molecule has 2 aromatic carbocycles. The van der Waals surface area contributed by atoms with E-state index in [0.717, 1.165) is 17.4 Å². The highest BCUT2D eigenvalue weighted by Gasteiger charge is 2.28. The quantitative estimate of drug-likeness (QED) is 0.619. The van der Waals surface area contributed by atoms with Gasteiger partial charge in [-0.3, -0.25) is 4.79 Å². The molecule has 1 N–H and O–H groups in total. The number of carbonyl (C=O) groups is 1. The van der Waals surface area contributed by atoms with Crippen LogP contribution in [0.15, 0.2) is 70.5 Å². The van der Waals surface area contributed by atoms with Crippen molar-refractivity contribution in [1.82, 2.24) is 5.32 Å². The molecule has 0 bridgehead atoms. The molecular weight excluding hydrogens is 408 g/mol. The van der Waals surface area contributed by atoms with Gasteiger partial charge in [0.15, 0.2) is 0 Å². The van der Waals surface area contributed by atoms with Crippen molar-refractivity contribution in [2.24, 2.45) is 0 Å². The summed E-state index contributed by atoms with van der Waals surface area (Å²) >= 11 is 5.20. The van der Waals surface area contributed by atoms with Crippen LogP contribution in [0.5, 0.6) is 0 Å². The summed E-state index contributed by atoms with van der Waals surface area (Å²) in [5.74, 6) is -0.0495. The molecule has 0 fully saturated rings. The molecule has 0 radical (unpaired) electrons. The average Bonchev–Trinajstić information content (AvgIpc) is 3.33. The summed E-state index contributed by atoms with van der Waals surface area (Å²) in [7, 11) is 0. The normalized spacial score (nSPS) is 14.1. The topological polar surface area (TPSA) is 32.3 Å². The van der Waals surface area contributed by atoms with Crippen molar-refractivity contribution in [3.8, 4) is 0 Å². The van der Waals surface area contributed by atoms with Gasteiger partial charge in [0, 0.05) is 28.1 Å². The summed E-state index contributed by atoms with van der Waals surface area (Å²) in [5, 5.41) is 5.23. The summed E-state index contributed by atoms with van der Waals surface area (Å²) in [6.45, 7) is 1.56. The Morgan fingerprint density at radius 1 is 1.12 bits per heavy atom. The van der Waals surface area contributed by atoms with Crippen LogP contribution < -0.4 is 10.2 Å². The van der Waals surface area contributed by atoms with Gasteiger partial charge in [0.1, 0.15) is 0 Å². The van der Waals surface area contributed by atoms with Crippen molar-refractivity contribution in [3.63, 3.8) is 0 Å². The Bertz CT molecular complexity index is 910. The molecule has 0 saturated heterocycles. The highest BCUT2D eigenvalue weighted by Crippen LogP contribution is 2.36. The molecular formula is C21H19BrN2OS. The summed E-state index contributed by atoms with van der Waals surface area (Å²) < 4.78 is 0.816. The Kier molecular flexibility index (Phi) is 5.09. The number of thiophene rings is 1. The van der Waals surface area contributed by atoms with E-state index >= 15 is 0 Å². The van der Waals surface area contributed by atoms with Crippen LogP contribution in [0.3, 0.4) is 0 Å². The van der Waals surface area contributed by atoms with E-state index in [-0.39, 0.29) is 11.9 Å². The van der Waals surface area contributed by atoms with Gasteiger partial charge in [-0.15, -0.1) is 11.3 Å². The second-order valence-corrected chi connectivity index (χ2v) is 8.13. The zero-order valence-electron chi connectivity index (χ0n) is 14.2. The first-order valence-corrected chi connectivity index (χ1v) is 10.3. The van der Waals surface area contributed by atoms with Gasteiger partial charge in [-0.25, -0.2) is 0 Å². The van der Waals surface area contributed by atoms with Gasteiger partial charge in [0.25, 0.3) is 5.91 Å². The van der Waals surface area contributed by atoms with Crippen molar-refractivity contribution in [3.05, 3.63) is 86.5 Å². The zero-order chi connectivity index (χ0) is 17.9. The predicted octanol–water partition coefficient (Wildman–Crippen LogP) is 5.04. The van der Waals surface area contributed by atoms with Gasteiger partial charge in [-0.2, -0.15) is 0 Å². The lowest BCUT2D eigenvalue weighted by atomic mass is 10.1. The molecule has 26 heavy (non-hydrogen) atoms. The van der Waals surface area contributed by atoms with E-state index < -0.39 is 0 Å². The number of hydrogen-bond acceptors (Lipinski definition) is 3. The fourth-order valence-electron chi connectivity index (χ4n) is 3.46. The zero-order valence-corrected chi connectivity index (χ0v) is 16.6. The van der Waals surface area contributed by atoms with E-state index in [1.54, 1.807) is 11.3 Å². The number of rotatable bonds is 5. The number of para-hydroxylation sites is 1. The third-order valence-corrected chi connectivity index (χ3v) is 6.41. The van der Waals surface area contributed by atoms with Crippen LogP contribution in [-0.2, 0) is 6.42 Å². The molecule has 1 aromatic heterocycles. The standard InChI is InChI=1S/C21H19BrN2OS/c22-17-8-3-2-7-16(17)21(25)23-14-19(20-10-5-13-26-20)24-12-11-15-6-1-4-9-18(15)24/h1-10,13,19H,11-12,14H2,(H,23,25). The number of fused-ring (bicyclic) bond motifs is 1. The molecule has 1 aliphatic rings. The number of halogens is 1. The van der Waals surface area contributed by atoms with Crippen LogP contribution in [0.2, 0.25) is 0 Å². The van der Waals surface area contributed by atoms with Crippen LogP contribution in [-0.4, -0.2) is 19.0 Å². The number of anilines is 1. The highest BCUT2D eigenvalue weighted by molar-refractivity contribution is 9.10. The van der Waals surface area contributed by atoms with E-state index in [4.69, 9.17) is 0 Å². The van der Waals surface area contributed by atoms with Crippen LogP contribution in [0.1, 0.15) is 26.8 Å². The minimum atomic E-state index is -0.0495. The lowest BCUT2D eigenvalue weighted by Gasteiger charge is -2.30. The predicted molar refractivity (Wildman–Crippen MR) is 111 cm³/mol. The molecule has 3 aromatic rings. The highest BCUT2D eigenvalue weighted by atomic mass is 79.9. The average molecular weight is 427 g/mol. The number of nitrogens with zero attached hydrogens (tertiary/aromatic N) is 1. The molecule has 1 aliphatic heterocycles. The molecule has 0 saturated carbocycles. The van der Waals surface area contributed by atoms with Gasteiger partial charge < -0.3 is 10.2 Å². The molecule has 1 amide bonds. The number of benzene rings is 2. The second-order valence-electron chi connectivity index (χ2n) is 6.29. The van der Waals surface area contributed by atoms with Crippen molar-refractivity contribution in [2.75, 3.05) is 18.0 Å². The molecule has 2 heterocycles. The van der Waals surface area contributed by atoms with Gasteiger partial charge >= 0.3 is 0 Å². The van der Waals surface area contributed by atoms with Crippen molar-refractivity contribution in [2.45, 2.75) is 12.5 Å². The van der Waals surface area contributed by atoms with E-state index in [2.05, 4.69) is 67.9 Å². The molecule has 132 valence electrons. The van der Waals surface area contributed by atoms with E-state index in [9.17, 15) is 4.79 Å². The summed E-state index contributed by atoms with van der Waals surface area (Å²) in [6, 6.07) is 20.4. The Morgan fingerprint density at radius 3 is 2.73 bits per heavy atom. The minimum Gasteiger partial charge on any atom is -0.361 e. The fraction of sp³-hybridized carbons (Fsp3) is 0.190. The first kappa shape index (κ1) is 17.3. The van der Waals surface area contributed by atoms with Crippen molar-refractivity contribution < 1.29 is 4.79 Å². The van der Waals surface area contributed by atoms with Gasteiger partial charge in [-0.05, 0) is 57.6 Å².